The Bertz CT molecular complexity index is 261. The predicted octanol–water partition coefficient (Wildman–Crippen LogP) is 2.80. The summed E-state index contributed by atoms with van der Waals surface area (Å²) in [4.78, 5) is 3.81. The summed E-state index contributed by atoms with van der Waals surface area (Å²) in [6.45, 7) is 0.0382. The molecule has 0 aliphatic carbocycles. The van der Waals surface area contributed by atoms with Crippen molar-refractivity contribution in [3.8, 4) is 5.88 Å². The highest BCUT2D eigenvalue weighted by Crippen LogP contribution is 2.21. The second-order valence-electron chi connectivity index (χ2n) is 2.74. The molecule has 0 saturated carbocycles. The summed E-state index contributed by atoms with van der Waals surface area (Å²) in [6.07, 6.45) is -3.44. The fourth-order valence-corrected chi connectivity index (χ4v) is 0.882. The molecule has 0 unspecified atom stereocenters. The Kier molecular flexibility index (Phi) is 3.73. The fraction of sp³-hybridized carbons (Fsp3) is 0.444. The van der Waals surface area contributed by atoms with Crippen LogP contribution in [0.2, 0.25) is 0 Å². The molecular formula is C9H10F3NO. The van der Waals surface area contributed by atoms with Gasteiger partial charge in [-0.05, 0) is 12.5 Å². The number of pyridine rings is 1. The molecule has 1 aromatic rings. The summed E-state index contributed by atoms with van der Waals surface area (Å²) in [6, 6.07) is 5.03. The van der Waals surface area contributed by atoms with Gasteiger partial charge in [-0.1, -0.05) is 6.07 Å². The molecule has 0 bridgehead atoms. The van der Waals surface area contributed by atoms with Crippen molar-refractivity contribution in [3.63, 3.8) is 0 Å². The Labute approximate surface area is 79.7 Å². The zero-order valence-electron chi connectivity index (χ0n) is 7.42. The summed E-state index contributed by atoms with van der Waals surface area (Å²) in [5.41, 5.74) is 0. The third kappa shape index (κ3) is 4.69. The highest BCUT2D eigenvalue weighted by Gasteiger charge is 2.26. The molecule has 0 saturated heterocycles. The molecule has 0 aromatic carbocycles. The maximum Gasteiger partial charge on any atom is 0.389 e. The minimum Gasteiger partial charge on any atom is -0.478 e. The Balaban J connectivity index is 2.17. The van der Waals surface area contributed by atoms with Gasteiger partial charge in [0.25, 0.3) is 0 Å². The van der Waals surface area contributed by atoms with Crippen LogP contribution >= 0.6 is 0 Å². The van der Waals surface area contributed by atoms with Crippen LogP contribution in [0.3, 0.4) is 0 Å². The Morgan fingerprint density at radius 2 is 2.07 bits per heavy atom. The van der Waals surface area contributed by atoms with Gasteiger partial charge < -0.3 is 4.74 Å². The van der Waals surface area contributed by atoms with Gasteiger partial charge in [0.15, 0.2) is 0 Å². The van der Waals surface area contributed by atoms with Gasteiger partial charge in [0, 0.05) is 18.7 Å². The number of rotatable bonds is 4. The van der Waals surface area contributed by atoms with Crippen LogP contribution in [0.1, 0.15) is 12.8 Å². The minimum absolute atomic E-state index is 0.0382. The Morgan fingerprint density at radius 1 is 1.29 bits per heavy atom. The molecule has 0 amide bonds. The first kappa shape index (κ1) is 10.8. The van der Waals surface area contributed by atoms with Crippen molar-refractivity contribution in [1.29, 1.82) is 0 Å². The molecule has 0 atom stereocenters. The van der Waals surface area contributed by atoms with E-state index in [1.807, 2.05) is 0 Å². The van der Waals surface area contributed by atoms with Gasteiger partial charge in [-0.25, -0.2) is 4.98 Å². The predicted molar refractivity (Wildman–Crippen MR) is 45.0 cm³/mol. The number of halogens is 3. The van der Waals surface area contributed by atoms with Crippen LogP contribution in [-0.2, 0) is 0 Å². The topological polar surface area (TPSA) is 22.1 Å². The van der Waals surface area contributed by atoms with Gasteiger partial charge in [-0.3, -0.25) is 0 Å². The van der Waals surface area contributed by atoms with E-state index < -0.39 is 12.6 Å². The normalized spacial score (nSPS) is 11.4. The molecule has 5 heteroatoms. The van der Waals surface area contributed by atoms with Crippen molar-refractivity contribution in [2.45, 2.75) is 19.0 Å². The highest BCUT2D eigenvalue weighted by atomic mass is 19.4. The second kappa shape index (κ2) is 4.83. The zero-order chi connectivity index (χ0) is 10.4. The average molecular weight is 205 g/mol. The SMILES string of the molecule is FC(F)(F)CCCOc1ccccn1. The van der Waals surface area contributed by atoms with Crippen LogP contribution in [0.5, 0.6) is 5.88 Å². The summed E-state index contributed by atoms with van der Waals surface area (Å²) < 4.78 is 40.1. The smallest absolute Gasteiger partial charge is 0.389 e. The summed E-state index contributed by atoms with van der Waals surface area (Å²) >= 11 is 0. The van der Waals surface area contributed by atoms with Gasteiger partial charge in [0.05, 0.1) is 6.61 Å². The molecule has 2 nitrogen and oxygen atoms in total. The molecule has 0 aliphatic heterocycles. The first-order valence-electron chi connectivity index (χ1n) is 4.18. The van der Waals surface area contributed by atoms with E-state index in [4.69, 9.17) is 4.74 Å². The molecule has 0 aliphatic rings. The van der Waals surface area contributed by atoms with Gasteiger partial charge in [-0.15, -0.1) is 0 Å². The van der Waals surface area contributed by atoms with E-state index in [9.17, 15) is 13.2 Å². The maximum absolute atomic E-state index is 11.7. The van der Waals surface area contributed by atoms with E-state index in [0.717, 1.165) is 0 Å². The molecule has 0 N–H and O–H groups in total. The first-order chi connectivity index (χ1) is 6.58. The number of hydrogen-bond acceptors (Lipinski definition) is 2. The van der Waals surface area contributed by atoms with Crippen molar-refractivity contribution in [2.24, 2.45) is 0 Å². The van der Waals surface area contributed by atoms with E-state index in [0.29, 0.717) is 5.88 Å². The third-order valence-corrected chi connectivity index (χ3v) is 1.49. The van der Waals surface area contributed by atoms with Crippen LogP contribution in [0.25, 0.3) is 0 Å². The lowest BCUT2D eigenvalue weighted by molar-refractivity contribution is -0.136. The quantitative estimate of drug-likeness (QED) is 0.705. The summed E-state index contributed by atoms with van der Waals surface area (Å²) in [5.74, 6) is 0.356. The summed E-state index contributed by atoms with van der Waals surface area (Å²) in [5, 5.41) is 0. The largest absolute Gasteiger partial charge is 0.478 e. The maximum atomic E-state index is 11.7. The molecule has 0 spiro atoms. The lowest BCUT2D eigenvalue weighted by atomic mass is 10.3. The Hall–Kier alpha value is -1.26. The average Bonchev–Trinajstić information content (AvgIpc) is 2.13. The van der Waals surface area contributed by atoms with Crippen LogP contribution in [-0.4, -0.2) is 17.8 Å². The number of hydrogen-bond donors (Lipinski definition) is 0. The molecule has 1 heterocycles. The molecule has 0 radical (unpaired) electrons. The monoisotopic (exact) mass is 205 g/mol. The van der Waals surface area contributed by atoms with Crippen molar-refractivity contribution in [2.75, 3.05) is 6.61 Å². The van der Waals surface area contributed by atoms with Crippen LogP contribution < -0.4 is 4.74 Å². The van der Waals surface area contributed by atoms with E-state index in [-0.39, 0.29) is 13.0 Å². The van der Waals surface area contributed by atoms with Gasteiger partial charge in [0.2, 0.25) is 5.88 Å². The molecular weight excluding hydrogens is 195 g/mol. The zero-order valence-corrected chi connectivity index (χ0v) is 7.42. The van der Waals surface area contributed by atoms with Gasteiger partial charge in [-0.2, -0.15) is 13.2 Å². The number of nitrogens with zero attached hydrogens (tertiary/aromatic N) is 1. The molecule has 78 valence electrons. The summed E-state index contributed by atoms with van der Waals surface area (Å²) in [7, 11) is 0. The Morgan fingerprint density at radius 3 is 2.64 bits per heavy atom. The standard InChI is InChI=1S/C9H10F3NO/c10-9(11,12)5-3-7-14-8-4-1-2-6-13-8/h1-2,4,6H,3,5,7H2. The molecule has 0 fully saturated rings. The van der Waals surface area contributed by atoms with Crippen LogP contribution in [0, 0.1) is 0 Å². The number of ether oxygens (including phenoxy) is 1. The highest BCUT2D eigenvalue weighted by molar-refractivity contribution is 5.08. The van der Waals surface area contributed by atoms with Crippen LogP contribution in [0.4, 0.5) is 13.2 Å². The van der Waals surface area contributed by atoms with Crippen molar-refractivity contribution in [3.05, 3.63) is 24.4 Å². The van der Waals surface area contributed by atoms with Crippen molar-refractivity contribution in [1.82, 2.24) is 4.98 Å². The minimum atomic E-state index is -4.10. The van der Waals surface area contributed by atoms with Crippen LogP contribution in [0.15, 0.2) is 24.4 Å². The van der Waals surface area contributed by atoms with E-state index in [2.05, 4.69) is 4.98 Å². The lowest BCUT2D eigenvalue weighted by Crippen LogP contribution is -2.09. The van der Waals surface area contributed by atoms with Crippen molar-refractivity contribution >= 4 is 0 Å². The third-order valence-electron chi connectivity index (χ3n) is 1.49. The molecule has 1 rings (SSSR count). The second-order valence-corrected chi connectivity index (χ2v) is 2.74. The first-order valence-corrected chi connectivity index (χ1v) is 4.18. The van der Waals surface area contributed by atoms with Gasteiger partial charge >= 0.3 is 6.18 Å². The van der Waals surface area contributed by atoms with E-state index in [1.54, 1.807) is 18.2 Å². The van der Waals surface area contributed by atoms with E-state index in [1.165, 1.54) is 6.20 Å². The number of aromatic nitrogens is 1. The number of alkyl halides is 3. The van der Waals surface area contributed by atoms with Gasteiger partial charge in [0.1, 0.15) is 0 Å². The van der Waals surface area contributed by atoms with E-state index >= 15 is 0 Å². The van der Waals surface area contributed by atoms with Crippen molar-refractivity contribution < 1.29 is 17.9 Å². The fourth-order valence-electron chi connectivity index (χ4n) is 0.882. The lowest BCUT2D eigenvalue weighted by Gasteiger charge is -2.06. The molecule has 14 heavy (non-hydrogen) atoms. The molecule has 1 aromatic heterocycles.